The normalized spacial score (nSPS) is 11.2. The van der Waals surface area contributed by atoms with E-state index in [4.69, 9.17) is 9.73 Å². The van der Waals surface area contributed by atoms with E-state index in [0.717, 1.165) is 29.1 Å². The number of non-ortho nitro benzene ring substituents is 1. The molecular formula is C22H20N4O5S. The number of amidine groups is 1. The molecule has 3 aromatic carbocycles. The maximum atomic E-state index is 11.5. The molecule has 0 atom stereocenters. The summed E-state index contributed by atoms with van der Waals surface area (Å²) >= 11 is 1.06. The minimum atomic E-state index is -0.660. The first-order chi connectivity index (χ1) is 15.3. The van der Waals surface area contributed by atoms with Gasteiger partial charge in [0.2, 0.25) is 0 Å². The summed E-state index contributed by atoms with van der Waals surface area (Å²) in [6.07, 6.45) is 0. The summed E-state index contributed by atoms with van der Waals surface area (Å²) in [6.45, 7) is 1.98. The van der Waals surface area contributed by atoms with Crippen LogP contribution in [0.15, 0.2) is 76.6 Å². The standard InChI is InChI=1S/C22H20N4O5S/c1-15-4-8-17(9-5-15)23-22(16-6-11-19(31-3)12-7-16)24(2)32-21-13-10-18(25(27)28)14-20(21)26(29)30/h4-14H,1-3H3. The molecule has 9 nitrogen and oxygen atoms in total. The lowest BCUT2D eigenvalue weighted by molar-refractivity contribution is -0.396. The molecular weight excluding hydrogens is 432 g/mol. The predicted molar refractivity (Wildman–Crippen MR) is 124 cm³/mol. The van der Waals surface area contributed by atoms with Gasteiger partial charge in [0.15, 0.2) is 0 Å². The molecule has 0 amide bonds. The first-order valence-corrected chi connectivity index (χ1v) is 10.2. The van der Waals surface area contributed by atoms with Gasteiger partial charge in [0.1, 0.15) is 16.5 Å². The molecule has 0 heterocycles. The second-order valence-corrected chi connectivity index (χ2v) is 7.92. The van der Waals surface area contributed by atoms with E-state index in [0.29, 0.717) is 17.3 Å². The third-order valence-corrected chi connectivity index (χ3v) is 5.49. The molecule has 164 valence electrons. The van der Waals surface area contributed by atoms with E-state index in [9.17, 15) is 20.2 Å². The molecule has 0 aliphatic rings. The molecule has 0 N–H and O–H groups in total. The summed E-state index contributed by atoms with van der Waals surface area (Å²) in [6, 6.07) is 18.5. The molecule has 32 heavy (non-hydrogen) atoms. The van der Waals surface area contributed by atoms with Crippen molar-refractivity contribution in [3.05, 3.63) is 98.1 Å². The van der Waals surface area contributed by atoms with Crippen LogP contribution < -0.4 is 4.74 Å². The van der Waals surface area contributed by atoms with Crippen LogP contribution in [0.2, 0.25) is 0 Å². The van der Waals surface area contributed by atoms with Crippen molar-refractivity contribution in [2.24, 2.45) is 4.99 Å². The molecule has 0 radical (unpaired) electrons. The largest absolute Gasteiger partial charge is 0.497 e. The van der Waals surface area contributed by atoms with Gasteiger partial charge in [-0.15, -0.1) is 0 Å². The van der Waals surface area contributed by atoms with Gasteiger partial charge in [0.25, 0.3) is 11.4 Å². The van der Waals surface area contributed by atoms with Gasteiger partial charge in [-0.3, -0.25) is 24.5 Å². The number of nitro benzene ring substituents is 2. The Balaban J connectivity index is 2.02. The summed E-state index contributed by atoms with van der Waals surface area (Å²) in [5.41, 5.74) is 1.89. The number of hydrogen-bond acceptors (Lipinski definition) is 7. The molecule has 3 rings (SSSR count). The molecule has 0 aliphatic heterocycles. The van der Waals surface area contributed by atoms with Gasteiger partial charge in [-0.2, -0.15) is 0 Å². The van der Waals surface area contributed by atoms with Crippen LogP contribution in [0.4, 0.5) is 17.1 Å². The number of aliphatic imine (C=N–C) groups is 1. The lowest BCUT2D eigenvalue weighted by Gasteiger charge is -2.20. The van der Waals surface area contributed by atoms with Gasteiger partial charge in [-0.1, -0.05) is 17.7 Å². The molecule has 0 bridgehead atoms. The monoisotopic (exact) mass is 452 g/mol. The van der Waals surface area contributed by atoms with Crippen molar-refractivity contribution in [2.45, 2.75) is 11.8 Å². The zero-order valence-corrected chi connectivity index (χ0v) is 18.4. The first-order valence-electron chi connectivity index (χ1n) is 9.43. The van der Waals surface area contributed by atoms with Crippen LogP contribution in [-0.2, 0) is 0 Å². The highest BCUT2D eigenvalue weighted by Gasteiger charge is 2.23. The Morgan fingerprint density at radius 1 is 0.969 bits per heavy atom. The van der Waals surface area contributed by atoms with E-state index >= 15 is 0 Å². The number of hydrogen-bond donors (Lipinski definition) is 0. The fraction of sp³-hybridized carbons (Fsp3) is 0.136. The number of rotatable bonds is 7. The fourth-order valence-corrected chi connectivity index (χ4v) is 3.71. The Morgan fingerprint density at radius 3 is 2.19 bits per heavy atom. The third kappa shape index (κ3) is 5.41. The zero-order chi connectivity index (χ0) is 23.3. The van der Waals surface area contributed by atoms with Gasteiger partial charge in [0, 0.05) is 18.7 Å². The van der Waals surface area contributed by atoms with Crippen LogP contribution in [0.3, 0.4) is 0 Å². The number of methoxy groups -OCH3 is 1. The van der Waals surface area contributed by atoms with Crippen LogP contribution in [0.5, 0.6) is 5.75 Å². The SMILES string of the molecule is COc1ccc(C(=Nc2ccc(C)cc2)N(C)Sc2ccc([N+](=O)[O-])cc2[N+](=O)[O-])cc1. The van der Waals surface area contributed by atoms with Crippen molar-refractivity contribution >= 4 is 34.8 Å². The maximum Gasteiger partial charge on any atom is 0.291 e. The van der Waals surface area contributed by atoms with Crippen LogP contribution in [-0.4, -0.2) is 34.1 Å². The Kier molecular flexibility index (Phi) is 7.06. The second kappa shape index (κ2) is 9.92. The van der Waals surface area contributed by atoms with Crippen molar-refractivity contribution in [3.63, 3.8) is 0 Å². The smallest absolute Gasteiger partial charge is 0.291 e. The maximum absolute atomic E-state index is 11.5. The lowest BCUT2D eigenvalue weighted by Crippen LogP contribution is -2.21. The van der Waals surface area contributed by atoms with Gasteiger partial charge in [-0.25, -0.2) is 4.99 Å². The Hall–Kier alpha value is -3.92. The zero-order valence-electron chi connectivity index (χ0n) is 17.6. The molecule has 10 heteroatoms. The second-order valence-electron chi connectivity index (χ2n) is 6.75. The molecule has 0 aliphatic carbocycles. The Labute approximate surface area is 188 Å². The molecule has 0 unspecified atom stereocenters. The first kappa shape index (κ1) is 22.8. The molecule has 0 aromatic heterocycles. The van der Waals surface area contributed by atoms with Gasteiger partial charge in [-0.05, 0) is 61.3 Å². The Bertz CT molecular complexity index is 1160. The summed E-state index contributed by atoms with van der Waals surface area (Å²) in [4.78, 5) is 26.2. The number of benzene rings is 3. The van der Waals surface area contributed by atoms with Crippen molar-refractivity contribution in [2.75, 3.05) is 14.2 Å². The van der Waals surface area contributed by atoms with E-state index in [2.05, 4.69) is 0 Å². The summed E-state index contributed by atoms with van der Waals surface area (Å²) in [7, 11) is 3.30. The molecule has 0 fully saturated rings. The number of aryl methyl sites for hydroxylation is 1. The van der Waals surface area contributed by atoms with Crippen molar-refractivity contribution in [1.29, 1.82) is 0 Å². The topological polar surface area (TPSA) is 111 Å². The van der Waals surface area contributed by atoms with Crippen LogP contribution >= 0.6 is 11.9 Å². The highest BCUT2D eigenvalue weighted by atomic mass is 32.2. The summed E-state index contributed by atoms with van der Waals surface area (Å²) in [5, 5.41) is 22.5. The van der Waals surface area contributed by atoms with Crippen LogP contribution in [0.1, 0.15) is 11.1 Å². The van der Waals surface area contributed by atoms with Gasteiger partial charge < -0.3 is 4.74 Å². The van der Waals surface area contributed by atoms with Crippen LogP contribution in [0.25, 0.3) is 0 Å². The number of nitro groups is 2. The van der Waals surface area contributed by atoms with Crippen molar-refractivity contribution in [1.82, 2.24) is 4.31 Å². The molecule has 0 saturated heterocycles. The Morgan fingerprint density at radius 2 is 1.62 bits per heavy atom. The quantitative estimate of drug-likeness (QED) is 0.152. The van der Waals surface area contributed by atoms with E-state index in [1.165, 1.54) is 12.1 Å². The van der Waals surface area contributed by atoms with E-state index in [1.807, 2.05) is 43.3 Å². The number of ether oxygens (including phenoxy) is 1. The lowest BCUT2D eigenvalue weighted by atomic mass is 10.2. The molecule has 0 spiro atoms. The van der Waals surface area contributed by atoms with E-state index < -0.39 is 9.85 Å². The highest BCUT2D eigenvalue weighted by Crippen LogP contribution is 2.35. The van der Waals surface area contributed by atoms with Crippen LogP contribution in [0, 0.1) is 27.2 Å². The van der Waals surface area contributed by atoms with Crippen molar-refractivity contribution < 1.29 is 14.6 Å². The van der Waals surface area contributed by atoms with Gasteiger partial charge >= 0.3 is 0 Å². The van der Waals surface area contributed by atoms with Gasteiger partial charge in [0.05, 0.1) is 28.7 Å². The van der Waals surface area contributed by atoms with E-state index in [-0.39, 0.29) is 16.3 Å². The minimum Gasteiger partial charge on any atom is -0.497 e. The average Bonchev–Trinajstić information content (AvgIpc) is 2.78. The average molecular weight is 452 g/mol. The fourth-order valence-electron chi connectivity index (χ4n) is 2.83. The van der Waals surface area contributed by atoms with Crippen molar-refractivity contribution in [3.8, 4) is 5.75 Å². The summed E-state index contributed by atoms with van der Waals surface area (Å²) < 4.78 is 6.91. The van der Waals surface area contributed by atoms with E-state index in [1.54, 1.807) is 30.6 Å². The number of nitrogens with zero attached hydrogens (tertiary/aromatic N) is 4. The minimum absolute atomic E-state index is 0.258. The molecule has 3 aromatic rings. The third-order valence-electron chi connectivity index (χ3n) is 4.50. The molecule has 0 saturated carbocycles. The predicted octanol–water partition coefficient (Wildman–Crippen LogP) is 5.54. The summed E-state index contributed by atoms with van der Waals surface area (Å²) in [5.74, 6) is 1.24. The highest BCUT2D eigenvalue weighted by molar-refractivity contribution is 7.97.